The standard InChI is InChI=1S/C23H22ClFO4/c1-15(28-14-16-7-10-18(27-2)11-8-16)23(19-12-9-17(25)13-21(19)26)29-22-6-4-3-5-20(22)24/h3-13,15,23,26H,14H2,1-2H3/t15?,23-/m0/s1. The number of phenolic OH excluding ortho intramolecular Hbond substituents is 1. The molecule has 0 heterocycles. The van der Waals surface area contributed by atoms with E-state index in [0.717, 1.165) is 17.4 Å². The van der Waals surface area contributed by atoms with Gasteiger partial charge in [-0.3, -0.25) is 0 Å². The van der Waals surface area contributed by atoms with E-state index in [9.17, 15) is 9.50 Å². The van der Waals surface area contributed by atoms with Crippen LogP contribution in [-0.4, -0.2) is 18.3 Å². The van der Waals surface area contributed by atoms with Crippen molar-refractivity contribution in [3.8, 4) is 17.2 Å². The average Bonchev–Trinajstić information content (AvgIpc) is 2.72. The predicted molar refractivity (Wildman–Crippen MR) is 110 cm³/mol. The van der Waals surface area contributed by atoms with E-state index in [2.05, 4.69) is 0 Å². The van der Waals surface area contributed by atoms with Crippen molar-refractivity contribution in [2.75, 3.05) is 7.11 Å². The topological polar surface area (TPSA) is 47.9 Å². The number of halogens is 2. The molecule has 0 radical (unpaired) electrons. The van der Waals surface area contributed by atoms with Gasteiger partial charge in [0, 0.05) is 11.6 Å². The Morgan fingerprint density at radius 2 is 1.76 bits per heavy atom. The third-order valence-corrected chi connectivity index (χ3v) is 4.80. The molecule has 1 N–H and O–H groups in total. The number of ether oxygens (including phenoxy) is 3. The van der Waals surface area contributed by atoms with Crippen LogP contribution in [0.15, 0.2) is 66.7 Å². The summed E-state index contributed by atoms with van der Waals surface area (Å²) >= 11 is 6.23. The van der Waals surface area contributed by atoms with Crippen molar-refractivity contribution in [1.82, 2.24) is 0 Å². The maximum atomic E-state index is 13.5. The van der Waals surface area contributed by atoms with Crippen molar-refractivity contribution < 1.29 is 23.7 Å². The van der Waals surface area contributed by atoms with E-state index in [1.165, 1.54) is 12.1 Å². The predicted octanol–water partition coefficient (Wildman–Crippen LogP) is 5.92. The molecule has 4 nitrogen and oxygen atoms in total. The fraction of sp³-hybridized carbons (Fsp3) is 0.217. The number of para-hydroxylation sites is 1. The van der Waals surface area contributed by atoms with E-state index < -0.39 is 18.0 Å². The number of methoxy groups -OCH3 is 1. The van der Waals surface area contributed by atoms with Gasteiger partial charge >= 0.3 is 0 Å². The summed E-state index contributed by atoms with van der Waals surface area (Å²) in [4.78, 5) is 0. The maximum absolute atomic E-state index is 13.5. The zero-order valence-corrected chi connectivity index (χ0v) is 16.9. The van der Waals surface area contributed by atoms with Crippen LogP contribution in [0, 0.1) is 5.82 Å². The first-order valence-corrected chi connectivity index (χ1v) is 9.50. The van der Waals surface area contributed by atoms with Crippen LogP contribution in [0.3, 0.4) is 0 Å². The third-order valence-electron chi connectivity index (χ3n) is 4.49. The zero-order chi connectivity index (χ0) is 20.8. The Bertz CT molecular complexity index is 946. The minimum absolute atomic E-state index is 0.207. The SMILES string of the molecule is COc1ccc(COC(C)[C@H](Oc2ccccc2Cl)c2ccc(F)cc2O)cc1. The number of phenols is 1. The van der Waals surface area contributed by atoms with Gasteiger partial charge in [0.1, 0.15) is 23.1 Å². The van der Waals surface area contributed by atoms with Crippen molar-refractivity contribution in [3.63, 3.8) is 0 Å². The van der Waals surface area contributed by atoms with Gasteiger partial charge in [0.05, 0.1) is 24.8 Å². The lowest BCUT2D eigenvalue weighted by Crippen LogP contribution is -2.24. The number of hydrogen-bond donors (Lipinski definition) is 1. The van der Waals surface area contributed by atoms with Gasteiger partial charge in [-0.05, 0) is 48.9 Å². The summed E-state index contributed by atoms with van der Waals surface area (Å²) in [5.41, 5.74) is 1.37. The molecule has 152 valence electrons. The summed E-state index contributed by atoms with van der Waals surface area (Å²) in [5, 5.41) is 10.7. The van der Waals surface area contributed by atoms with Crippen molar-refractivity contribution in [2.24, 2.45) is 0 Å². The molecule has 29 heavy (non-hydrogen) atoms. The Kier molecular flexibility index (Phi) is 6.96. The lowest BCUT2D eigenvalue weighted by molar-refractivity contribution is -0.0259. The summed E-state index contributed by atoms with van der Waals surface area (Å²) in [6.07, 6.45) is -1.17. The van der Waals surface area contributed by atoms with E-state index in [1.807, 2.05) is 31.2 Å². The molecule has 0 aromatic heterocycles. The Labute approximate surface area is 174 Å². The van der Waals surface area contributed by atoms with E-state index in [-0.39, 0.29) is 5.75 Å². The Balaban J connectivity index is 1.81. The monoisotopic (exact) mass is 416 g/mol. The Morgan fingerprint density at radius 3 is 2.41 bits per heavy atom. The highest BCUT2D eigenvalue weighted by Gasteiger charge is 2.26. The molecule has 0 fully saturated rings. The molecule has 0 amide bonds. The Hall–Kier alpha value is -2.76. The number of aromatic hydroxyl groups is 1. The Morgan fingerprint density at radius 1 is 1.03 bits per heavy atom. The summed E-state index contributed by atoms with van der Waals surface area (Å²) in [6, 6.07) is 18.4. The number of rotatable bonds is 8. The van der Waals surface area contributed by atoms with Crippen LogP contribution in [0.5, 0.6) is 17.2 Å². The number of hydrogen-bond acceptors (Lipinski definition) is 4. The first-order valence-electron chi connectivity index (χ1n) is 9.12. The van der Waals surface area contributed by atoms with Gasteiger partial charge in [-0.2, -0.15) is 0 Å². The van der Waals surface area contributed by atoms with E-state index in [0.29, 0.717) is 22.9 Å². The molecular formula is C23H22ClFO4. The second kappa shape index (κ2) is 9.63. The van der Waals surface area contributed by atoms with Gasteiger partial charge in [-0.1, -0.05) is 35.9 Å². The van der Waals surface area contributed by atoms with Gasteiger partial charge < -0.3 is 19.3 Å². The smallest absolute Gasteiger partial charge is 0.153 e. The first-order chi connectivity index (χ1) is 14.0. The summed E-state index contributed by atoms with van der Waals surface area (Å²) in [5.74, 6) is 0.470. The molecule has 0 bridgehead atoms. The van der Waals surface area contributed by atoms with Crippen LogP contribution in [0.2, 0.25) is 5.02 Å². The molecule has 3 aromatic carbocycles. The van der Waals surface area contributed by atoms with Crippen molar-refractivity contribution >= 4 is 11.6 Å². The van der Waals surface area contributed by atoms with Crippen molar-refractivity contribution in [1.29, 1.82) is 0 Å². The second-order valence-corrected chi connectivity index (χ2v) is 6.94. The quantitative estimate of drug-likeness (QED) is 0.495. The third kappa shape index (κ3) is 5.40. The average molecular weight is 417 g/mol. The number of benzene rings is 3. The highest BCUT2D eigenvalue weighted by atomic mass is 35.5. The molecule has 0 aliphatic rings. The van der Waals surface area contributed by atoms with Crippen LogP contribution in [0.1, 0.15) is 24.2 Å². The molecule has 3 aromatic rings. The normalized spacial score (nSPS) is 13.0. The summed E-state index contributed by atoms with van der Waals surface area (Å²) in [6.45, 7) is 2.16. The molecule has 0 saturated heterocycles. The van der Waals surface area contributed by atoms with Crippen LogP contribution >= 0.6 is 11.6 Å². The summed E-state index contributed by atoms with van der Waals surface area (Å²) < 4.78 is 30.7. The molecule has 3 rings (SSSR count). The van der Waals surface area contributed by atoms with E-state index in [1.54, 1.807) is 31.4 Å². The molecule has 0 aliphatic carbocycles. The largest absolute Gasteiger partial charge is 0.507 e. The lowest BCUT2D eigenvalue weighted by Gasteiger charge is -2.27. The van der Waals surface area contributed by atoms with Gasteiger partial charge in [0.25, 0.3) is 0 Å². The molecule has 1 unspecified atom stereocenters. The molecule has 0 saturated carbocycles. The van der Waals surface area contributed by atoms with Crippen LogP contribution in [-0.2, 0) is 11.3 Å². The fourth-order valence-electron chi connectivity index (χ4n) is 2.88. The zero-order valence-electron chi connectivity index (χ0n) is 16.1. The van der Waals surface area contributed by atoms with E-state index >= 15 is 0 Å². The first kappa shape index (κ1) is 21.0. The minimum Gasteiger partial charge on any atom is -0.507 e. The summed E-state index contributed by atoms with van der Waals surface area (Å²) in [7, 11) is 1.61. The van der Waals surface area contributed by atoms with Crippen LogP contribution in [0.4, 0.5) is 4.39 Å². The molecule has 2 atom stereocenters. The minimum atomic E-state index is -0.700. The van der Waals surface area contributed by atoms with Crippen LogP contribution < -0.4 is 9.47 Å². The van der Waals surface area contributed by atoms with Crippen LogP contribution in [0.25, 0.3) is 0 Å². The van der Waals surface area contributed by atoms with Gasteiger partial charge in [0.2, 0.25) is 0 Å². The maximum Gasteiger partial charge on any atom is 0.153 e. The van der Waals surface area contributed by atoms with Crippen molar-refractivity contribution in [2.45, 2.75) is 25.7 Å². The molecule has 6 heteroatoms. The van der Waals surface area contributed by atoms with Gasteiger partial charge in [-0.15, -0.1) is 0 Å². The molecule has 0 spiro atoms. The van der Waals surface area contributed by atoms with Gasteiger partial charge in [-0.25, -0.2) is 4.39 Å². The lowest BCUT2D eigenvalue weighted by atomic mass is 10.0. The highest BCUT2D eigenvalue weighted by Crippen LogP contribution is 2.35. The van der Waals surface area contributed by atoms with Gasteiger partial charge in [0.15, 0.2) is 6.10 Å². The van der Waals surface area contributed by atoms with Crippen molar-refractivity contribution in [3.05, 3.63) is 88.7 Å². The van der Waals surface area contributed by atoms with E-state index in [4.69, 9.17) is 25.8 Å². The molecular weight excluding hydrogens is 395 g/mol. The molecule has 0 aliphatic heterocycles. The second-order valence-electron chi connectivity index (χ2n) is 6.54. The fourth-order valence-corrected chi connectivity index (χ4v) is 3.06. The highest BCUT2D eigenvalue weighted by molar-refractivity contribution is 6.32.